The molecule has 0 aliphatic carbocycles. The Morgan fingerprint density at radius 1 is 1.57 bits per heavy atom. The maximum Gasteiger partial charge on any atom is 0.230 e. The van der Waals surface area contributed by atoms with Gasteiger partial charge in [-0.3, -0.25) is 14.7 Å². The first-order chi connectivity index (χ1) is 9.99. The summed E-state index contributed by atoms with van der Waals surface area (Å²) in [5.74, 6) is 0.626. The Hall–Kier alpha value is -1.85. The minimum atomic E-state index is -0.275. The van der Waals surface area contributed by atoms with E-state index in [4.69, 9.17) is 0 Å². The fourth-order valence-corrected chi connectivity index (χ4v) is 2.62. The van der Waals surface area contributed by atoms with E-state index >= 15 is 0 Å². The van der Waals surface area contributed by atoms with Crippen LogP contribution in [0.3, 0.4) is 0 Å². The highest BCUT2D eigenvalue weighted by molar-refractivity contribution is 5.96. The van der Waals surface area contributed by atoms with E-state index in [2.05, 4.69) is 36.3 Å². The van der Waals surface area contributed by atoms with Gasteiger partial charge in [0.25, 0.3) is 0 Å². The van der Waals surface area contributed by atoms with Crippen LogP contribution in [0.5, 0.6) is 0 Å². The number of aromatic nitrogens is 2. The lowest BCUT2D eigenvalue weighted by atomic mass is 10.1. The first-order valence-corrected chi connectivity index (χ1v) is 7.62. The molecule has 0 spiro atoms. The van der Waals surface area contributed by atoms with E-state index < -0.39 is 0 Å². The number of aromatic amines is 1. The number of H-pyrrole nitrogens is 1. The van der Waals surface area contributed by atoms with Crippen molar-refractivity contribution in [2.24, 2.45) is 11.8 Å². The number of amides is 2. The molecule has 2 N–H and O–H groups in total. The van der Waals surface area contributed by atoms with E-state index in [9.17, 15) is 9.59 Å². The van der Waals surface area contributed by atoms with E-state index in [1.807, 2.05) is 6.07 Å². The molecular weight excluding hydrogens is 268 g/mol. The van der Waals surface area contributed by atoms with Crippen molar-refractivity contribution < 1.29 is 9.59 Å². The van der Waals surface area contributed by atoms with Crippen LogP contribution >= 0.6 is 0 Å². The minimum Gasteiger partial charge on any atom is -0.342 e. The van der Waals surface area contributed by atoms with Crippen LogP contribution in [0.4, 0.5) is 5.82 Å². The topological polar surface area (TPSA) is 78.1 Å². The van der Waals surface area contributed by atoms with E-state index in [1.54, 1.807) is 4.90 Å². The summed E-state index contributed by atoms with van der Waals surface area (Å²) in [4.78, 5) is 25.9. The molecule has 2 rings (SSSR count). The molecule has 0 bridgehead atoms. The number of carbonyl (C=O) groups excluding carboxylic acids is 2. The Bertz CT molecular complexity index is 510. The van der Waals surface area contributed by atoms with Crippen molar-refractivity contribution in [1.29, 1.82) is 0 Å². The zero-order valence-corrected chi connectivity index (χ0v) is 13.0. The number of carbonyl (C=O) groups is 2. The summed E-state index contributed by atoms with van der Waals surface area (Å²) in [6.45, 7) is 7.45. The van der Waals surface area contributed by atoms with E-state index in [1.165, 1.54) is 0 Å². The van der Waals surface area contributed by atoms with Gasteiger partial charge in [0.1, 0.15) is 0 Å². The van der Waals surface area contributed by atoms with Crippen LogP contribution in [0.15, 0.2) is 6.07 Å². The smallest absolute Gasteiger partial charge is 0.230 e. The number of likely N-dealkylation sites (tertiary alicyclic amines) is 1. The molecule has 1 aliphatic heterocycles. The molecule has 1 aromatic rings. The lowest BCUT2D eigenvalue weighted by Crippen LogP contribution is -2.31. The molecule has 6 nitrogen and oxygen atoms in total. The third kappa shape index (κ3) is 4.06. The number of aryl methyl sites for hydroxylation is 1. The number of anilines is 1. The normalized spacial score (nSPS) is 18.6. The van der Waals surface area contributed by atoms with Crippen molar-refractivity contribution in [3.05, 3.63) is 11.8 Å². The van der Waals surface area contributed by atoms with Crippen LogP contribution in [0.25, 0.3) is 0 Å². The Balaban J connectivity index is 1.90. The summed E-state index contributed by atoms with van der Waals surface area (Å²) in [6.07, 6.45) is 2.23. The molecule has 1 fully saturated rings. The quantitative estimate of drug-likeness (QED) is 0.839. The highest BCUT2D eigenvalue weighted by Gasteiger charge is 2.34. The van der Waals surface area contributed by atoms with Gasteiger partial charge in [0.15, 0.2) is 5.82 Å². The number of hydrogen-bond donors (Lipinski definition) is 2. The first-order valence-electron chi connectivity index (χ1n) is 7.62. The zero-order chi connectivity index (χ0) is 15.4. The van der Waals surface area contributed by atoms with Crippen LogP contribution < -0.4 is 5.32 Å². The summed E-state index contributed by atoms with van der Waals surface area (Å²) >= 11 is 0. The second-order valence-electron chi connectivity index (χ2n) is 6.11. The summed E-state index contributed by atoms with van der Waals surface area (Å²) in [6, 6.07) is 1.85. The van der Waals surface area contributed by atoms with Gasteiger partial charge >= 0.3 is 0 Å². The fourth-order valence-electron chi connectivity index (χ4n) is 2.62. The molecular formula is C15H24N4O2. The number of rotatable bonds is 6. The Kier molecular flexibility index (Phi) is 4.98. The summed E-state index contributed by atoms with van der Waals surface area (Å²) < 4.78 is 0. The Morgan fingerprint density at radius 2 is 2.33 bits per heavy atom. The SMILES string of the molecule is CCCc1cc(NC(=O)C2CC(=O)N(CC(C)C)C2)n[nH]1. The molecule has 1 unspecified atom stereocenters. The second kappa shape index (κ2) is 6.74. The van der Waals surface area contributed by atoms with Crippen LogP contribution in [-0.2, 0) is 16.0 Å². The highest BCUT2D eigenvalue weighted by Crippen LogP contribution is 2.20. The van der Waals surface area contributed by atoms with Gasteiger partial charge < -0.3 is 10.2 Å². The summed E-state index contributed by atoms with van der Waals surface area (Å²) in [5.41, 5.74) is 1.01. The lowest BCUT2D eigenvalue weighted by molar-refractivity contribution is -0.128. The summed E-state index contributed by atoms with van der Waals surface area (Å²) in [5, 5.41) is 9.78. The Morgan fingerprint density at radius 3 is 3.00 bits per heavy atom. The zero-order valence-electron chi connectivity index (χ0n) is 13.0. The Labute approximate surface area is 125 Å². The monoisotopic (exact) mass is 292 g/mol. The van der Waals surface area contributed by atoms with Crippen molar-refractivity contribution in [3.63, 3.8) is 0 Å². The molecule has 2 amide bonds. The lowest BCUT2D eigenvalue weighted by Gasteiger charge is -2.18. The predicted octanol–water partition coefficient (Wildman–Crippen LogP) is 1.81. The maximum atomic E-state index is 12.2. The van der Waals surface area contributed by atoms with Gasteiger partial charge in [-0.1, -0.05) is 27.2 Å². The van der Waals surface area contributed by atoms with Crippen LogP contribution in [0.1, 0.15) is 39.3 Å². The van der Waals surface area contributed by atoms with Crippen LogP contribution in [-0.4, -0.2) is 40.0 Å². The minimum absolute atomic E-state index is 0.0672. The van der Waals surface area contributed by atoms with Gasteiger partial charge in [-0.05, 0) is 12.3 Å². The molecule has 6 heteroatoms. The van der Waals surface area contributed by atoms with Gasteiger partial charge in [0.05, 0.1) is 5.92 Å². The molecule has 1 aromatic heterocycles. The molecule has 2 heterocycles. The molecule has 0 radical (unpaired) electrons. The van der Waals surface area contributed by atoms with Gasteiger partial charge in [-0.15, -0.1) is 0 Å². The van der Waals surface area contributed by atoms with Gasteiger partial charge in [0.2, 0.25) is 11.8 Å². The van der Waals surface area contributed by atoms with Crippen molar-refractivity contribution in [1.82, 2.24) is 15.1 Å². The highest BCUT2D eigenvalue weighted by atomic mass is 16.2. The molecule has 0 saturated carbocycles. The molecule has 1 saturated heterocycles. The average Bonchev–Trinajstić information content (AvgIpc) is 2.97. The molecule has 1 aliphatic rings. The van der Waals surface area contributed by atoms with Crippen molar-refractivity contribution >= 4 is 17.6 Å². The van der Waals surface area contributed by atoms with Crippen molar-refractivity contribution in [2.75, 3.05) is 18.4 Å². The standard InChI is InChI=1S/C15H24N4O2/c1-4-5-12-7-13(18-17-12)16-15(21)11-6-14(20)19(9-11)8-10(2)3/h7,10-11H,4-6,8-9H2,1-3H3,(H2,16,17,18,21). The van der Waals surface area contributed by atoms with Crippen LogP contribution in [0, 0.1) is 11.8 Å². The van der Waals surface area contributed by atoms with Crippen molar-refractivity contribution in [3.8, 4) is 0 Å². The van der Waals surface area contributed by atoms with Gasteiger partial charge in [-0.25, -0.2) is 0 Å². The average molecular weight is 292 g/mol. The fraction of sp³-hybridized carbons (Fsp3) is 0.667. The third-order valence-corrected chi connectivity index (χ3v) is 3.57. The molecule has 0 aromatic carbocycles. The van der Waals surface area contributed by atoms with Gasteiger partial charge in [-0.2, -0.15) is 5.10 Å². The number of hydrogen-bond acceptors (Lipinski definition) is 3. The molecule has 116 valence electrons. The van der Waals surface area contributed by atoms with E-state index in [0.717, 1.165) is 18.5 Å². The molecule has 21 heavy (non-hydrogen) atoms. The van der Waals surface area contributed by atoms with Crippen molar-refractivity contribution in [2.45, 2.75) is 40.0 Å². The second-order valence-corrected chi connectivity index (χ2v) is 6.11. The third-order valence-electron chi connectivity index (χ3n) is 3.57. The number of nitrogens with one attached hydrogen (secondary N) is 2. The predicted molar refractivity (Wildman–Crippen MR) is 80.7 cm³/mol. The van der Waals surface area contributed by atoms with Crippen LogP contribution in [0.2, 0.25) is 0 Å². The molecule has 1 atom stereocenters. The van der Waals surface area contributed by atoms with E-state index in [-0.39, 0.29) is 17.7 Å². The maximum absolute atomic E-state index is 12.2. The largest absolute Gasteiger partial charge is 0.342 e. The van der Waals surface area contributed by atoms with E-state index in [0.29, 0.717) is 31.2 Å². The first kappa shape index (κ1) is 15.5. The number of nitrogens with zero attached hydrogens (tertiary/aromatic N) is 2. The summed E-state index contributed by atoms with van der Waals surface area (Å²) in [7, 11) is 0. The van der Waals surface area contributed by atoms with Gasteiger partial charge in [0, 0.05) is 31.3 Å².